The first kappa shape index (κ1) is 21.4. The highest BCUT2D eigenvalue weighted by atomic mass is 16.5. The van der Waals surface area contributed by atoms with Crippen molar-refractivity contribution in [2.45, 2.75) is 58.0 Å². The normalized spacial score (nSPS) is 21.0. The number of nitrogens with zero attached hydrogens (tertiary/aromatic N) is 4. The summed E-state index contributed by atoms with van der Waals surface area (Å²) in [5, 5.41) is 0. The van der Waals surface area contributed by atoms with Crippen molar-refractivity contribution < 1.29 is 9.53 Å². The summed E-state index contributed by atoms with van der Waals surface area (Å²) in [6, 6.07) is 10.3. The lowest BCUT2D eigenvalue weighted by Gasteiger charge is -2.36. The topological polar surface area (TPSA) is 58.6 Å². The van der Waals surface area contributed by atoms with E-state index in [0.717, 1.165) is 94.9 Å². The van der Waals surface area contributed by atoms with E-state index in [1.165, 1.54) is 11.3 Å². The molecule has 0 N–H and O–H groups in total. The van der Waals surface area contributed by atoms with E-state index in [1.807, 2.05) is 23.1 Å². The zero-order chi connectivity index (χ0) is 21.9. The molecule has 2 saturated heterocycles. The Morgan fingerprint density at radius 2 is 1.91 bits per heavy atom. The summed E-state index contributed by atoms with van der Waals surface area (Å²) < 4.78 is 5.77. The molecule has 6 heteroatoms. The number of carbonyl (C=O) groups excluding carboxylic acids is 1. The third kappa shape index (κ3) is 4.38. The average Bonchev–Trinajstić information content (AvgIpc) is 3.54. The predicted molar refractivity (Wildman–Crippen MR) is 126 cm³/mol. The molecule has 1 atom stereocenters. The van der Waals surface area contributed by atoms with Crippen LogP contribution in [0.3, 0.4) is 0 Å². The fraction of sp³-hybridized carbons (Fsp3) is 0.577. The van der Waals surface area contributed by atoms with Crippen LogP contribution in [0.4, 0.5) is 5.82 Å². The highest BCUT2D eigenvalue weighted by Gasteiger charge is 2.32. The Bertz CT molecular complexity index is 934. The van der Waals surface area contributed by atoms with E-state index in [9.17, 15) is 4.79 Å². The largest absolute Gasteiger partial charge is 0.376 e. The summed E-state index contributed by atoms with van der Waals surface area (Å²) in [6.07, 6.45) is 7.43. The van der Waals surface area contributed by atoms with Crippen LogP contribution in [0.15, 0.2) is 30.3 Å². The van der Waals surface area contributed by atoms with Gasteiger partial charge in [0.2, 0.25) is 5.91 Å². The Balaban J connectivity index is 1.29. The van der Waals surface area contributed by atoms with Crippen molar-refractivity contribution in [3.63, 3.8) is 0 Å². The van der Waals surface area contributed by atoms with Gasteiger partial charge in [-0.15, -0.1) is 0 Å². The van der Waals surface area contributed by atoms with Gasteiger partial charge in [-0.2, -0.15) is 0 Å². The number of hydrogen-bond acceptors (Lipinski definition) is 5. The van der Waals surface area contributed by atoms with Crippen molar-refractivity contribution in [3.05, 3.63) is 41.6 Å². The van der Waals surface area contributed by atoms with Crippen molar-refractivity contribution in [1.29, 1.82) is 0 Å². The number of rotatable bonds is 6. The van der Waals surface area contributed by atoms with E-state index in [1.54, 1.807) is 0 Å². The minimum Gasteiger partial charge on any atom is -0.376 e. The number of carbonyl (C=O) groups is 1. The minimum atomic E-state index is 0.107. The van der Waals surface area contributed by atoms with E-state index < -0.39 is 0 Å². The van der Waals surface area contributed by atoms with Crippen LogP contribution >= 0.6 is 0 Å². The molecule has 2 aliphatic heterocycles. The molecular formula is C26H34N4O2. The van der Waals surface area contributed by atoms with E-state index in [-0.39, 0.29) is 12.0 Å². The number of aryl methyl sites for hydroxylation is 1. The third-order valence-corrected chi connectivity index (χ3v) is 7.23. The van der Waals surface area contributed by atoms with Gasteiger partial charge in [-0.25, -0.2) is 9.97 Å². The lowest BCUT2D eigenvalue weighted by molar-refractivity contribution is -0.137. The van der Waals surface area contributed by atoms with E-state index in [4.69, 9.17) is 14.7 Å². The van der Waals surface area contributed by atoms with Crippen LogP contribution in [0.1, 0.15) is 50.3 Å². The van der Waals surface area contributed by atoms with Crippen molar-refractivity contribution in [2.24, 2.45) is 5.92 Å². The van der Waals surface area contributed by atoms with Crippen molar-refractivity contribution in [1.82, 2.24) is 14.9 Å². The molecular weight excluding hydrogens is 400 g/mol. The van der Waals surface area contributed by atoms with Gasteiger partial charge in [0.1, 0.15) is 5.82 Å². The molecule has 5 rings (SSSR count). The Morgan fingerprint density at radius 3 is 2.62 bits per heavy atom. The Kier molecular flexibility index (Phi) is 6.39. The summed E-state index contributed by atoms with van der Waals surface area (Å²) in [5.74, 6) is 2.34. The second kappa shape index (κ2) is 9.57. The number of likely N-dealkylation sites (N-methyl/N-ethyl adjacent to an activating group) is 1. The lowest BCUT2D eigenvalue weighted by Crippen LogP contribution is -2.45. The molecule has 32 heavy (non-hydrogen) atoms. The number of hydrogen-bond donors (Lipinski definition) is 0. The van der Waals surface area contributed by atoms with Crippen LogP contribution in [-0.2, 0) is 22.4 Å². The number of piperidine rings is 1. The molecule has 3 heterocycles. The monoisotopic (exact) mass is 434 g/mol. The van der Waals surface area contributed by atoms with Gasteiger partial charge in [0.25, 0.3) is 0 Å². The summed E-state index contributed by atoms with van der Waals surface area (Å²) in [5.41, 5.74) is 3.60. The van der Waals surface area contributed by atoms with Crippen molar-refractivity contribution >= 4 is 11.7 Å². The molecule has 6 nitrogen and oxygen atoms in total. The maximum absolute atomic E-state index is 13.2. The fourth-order valence-corrected chi connectivity index (χ4v) is 5.40. The number of anilines is 1. The molecule has 0 bridgehead atoms. The highest BCUT2D eigenvalue weighted by molar-refractivity contribution is 5.79. The first-order valence-corrected chi connectivity index (χ1v) is 12.3. The first-order chi connectivity index (χ1) is 15.7. The highest BCUT2D eigenvalue weighted by Crippen LogP contribution is 2.34. The molecule has 0 unspecified atom stereocenters. The van der Waals surface area contributed by atoms with E-state index >= 15 is 0 Å². The van der Waals surface area contributed by atoms with Crippen LogP contribution in [-0.4, -0.2) is 59.7 Å². The Labute approximate surface area is 191 Å². The summed E-state index contributed by atoms with van der Waals surface area (Å²) in [6.45, 7) is 6.19. The Hall–Kier alpha value is -2.47. The smallest absolute Gasteiger partial charge is 0.225 e. The molecule has 170 valence electrons. The summed E-state index contributed by atoms with van der Waals surface area (Å²) in [4.78, 5) is 27.6. The number of aromatic nitrogens is 2. The van der Waals surface area contributed by atoms with Crippen LogP contribution < -0.4 is 4.90 Å². The molecule has 0 saturated carbocycles. The molecule has 1 aromatic heterocycles. The molecule has 1 amide bonds. The van der Waals surface area contributed by atoms with Gasteiger partial charge in [0.05, 0.1) is 6.10 Å². The zero-order valence-corrected chi connectivity index (χ0v) is 19.1. The van der Waals surface area contributed by atoms with Gasteiger partial charge in [-0.05, 0) is 51.9 Å². The SMILES string of the molecule is CCN(C[C@@H]1CCCO1)C(=O)C1CCN(c2nc(-c3ccccc3)nc3c2CCC3)CC1. The van der Waals surface area contributed by atoms with Gasteiger partial charge < -0.3 is 14.5 Å². The molecule has 0 spiro atoms. The molecule has 0 radical (unpaired) electrons. The molecule has 2 fully saturated rings. The first-order valence-electron chi connectivity index (χ1n) is 12.3. The van der Waals surface area contributed by atoms with Crippen LogP contribution in [0.25, 0.3) is 11.4 Å². The lowest BCUT2D eigenvalue weighted by atomic mass is 9.94. The Morgan fingerprint density at radius 1 is 1.09 bits per heavy atom. The minimum absolute atomic E-state index is 0.107. The molecule has 2 aromatic rings. The fourth-order valence-electron chi connectivity index (χ4n) is 5.40. The van der Waals surface area contributed by atoms with Crippen LogP contribution in [0.2, 0.25) is 0 Å². The number of amides is 1. The molecule has 1 aromatic carbocycles. The van der Waals surface area contributed by atoms with Gasteiger partial charge in [-0.3, -0.25) is 4.79 Å². The summed E-state index contributed by atoms with van der Waals surface area (Å²) in [7, 11) is 0. The van der Waals surface area contributed by atoms with Gasteiger partial charge in [-0.1, -0.05) is 30.3 Å². The predicted octanol–water partition coefficient (Wildman–Crippen LogP) is 3.88. The average molecular weight is 435 g/mol. The van der Waals surface area contributed by atoms with E-state index in [2.05, 4.69) is 24.0 Å². The third-order valence-electron chi connectivity index (χ3n) is 7.23. The molecule has 3 aliphatic rings. The van der Waals surface area contributed by atoms with Crippen molar-refractivity contribution in [2.75, 3.05) is 37.7 Å². The number of fused-ring (bicyclic) bond motifs is 1. The number of ether oxygens (including phenoxy) is 1. The second-order valence-electron chi connectivity index (χ2n) is 9.29. The van der Waals surface area contributed by atoms with Crippen LogP contribution in [0.5, 0.6) is 0 Å². The quantitative estimate of drug-likeness (QED) is 0.691. The van der Waals surface area contributed by atoms with Gasteiger partial charge in [0, 0.05) is 55.5 Å². The number of benzene rings is 1. The summed E-state index contributed by atoms with van der Waals surface area (Å²) >= 11 is 0. The van der Waals surface area contributed by atoms with Crippen LogP contribution in [0, 0.1) is 5.92 Å². The van der Waals surface area contributed by atoms with Gasteiger partial charge >= 0.3 is 0 Å². The molecule has 1 aliphatic carbocycles. The van der Waals surface area contributed by atoms with E-state index in [0.29, 0.717) is 5.91 Å². The maximum Gasteiger partial charge on any atom is 0.225 e. The second-order valence-corrected chi connectivity index (χ2v) is 9.29. The zero-order valence-electron chi connectivity index (χ0n) is 19.1. The maximum atomic E-state index is 13.2. The van der Waals surface area contributed by atoms with Crippen molar-refractivity contribution in [3.8, 4) is 11.4 Å². The van der Waals surface area contributed by atoms with Gasteiger partial charge in [0.15, 0.2) is 5.82 Å². The standard InChI is InChI=1S/C26H34N4O2/c1-2-29(18-21-10-7-17-32-21)26(31)20-13-15-30(16-14-20)25-22-11-6-12-23(22)27-24(28-25)19-8-4-3-5-9-19/h3-5,8-9,20-21H,2,6-7,10-18H2,1H3/t21-/m0/s1.